The van der Waals surface area contributed by atoms with Crippen molar-refractivity contribution in [1.82, 2.24) is 26.6 Å². The van der Waals surface area contributed by atoms with Gasteiger partial charge in [0.2, 0.25) is 29.5 Å². The fraction of sp³-hybridized carbons (Fsp3) is 0.793. The monoisotopic (exact) mass is 598 g/mol. The summed E-state index contributed by atoms with van der Waals surface area (Å²) in [6.45, 7) is 2.91. The van der Waals surface area contributed by atoms with E-state index in [1.54, 1.807) is 0 Å². The van der Waals surface area contributed by atoms with Crippen LogP contribution in [0.25, 0.3) is 0 Å². The molecule has 0 heterocycles. The second kappa shape index (κ2) is 25.5. The van der Waals surface area contributed by atoms with Crippen LogP contribution in [-0.2, 0) is 28.8 Å². The van der Waals surface area contributed by atoms with Gasteiger partial charge in [-0.3, -0.25) is 24.0 Å². The fourth-order valence-corrected chi connectivity index (χ4v) is 4.13. The Morgan fingerprint density at radius 3 is 1.67 bits per heavy atom. The van der Waals surface area contributed by atoms with E-state index in [4.69, 9.17) is 5.73 Å². The maximum Gasteiger partial charge on any atom is 0.326 e. The van der Waals surface area contributed by atoms with Crippen molar-refractivity contribution < 1.29 is 33.9 Å². The Balaban J connectivity index is 3.98. The molecule has 0 rings (SSSR count). The number of nitrogens with one attached hydrogen (secondary N) is 5. The fourth-order valence-electron chi connectivity index (χ4n) is 4.13. The molecule has 5 amide bonds. The van der Waals surface area contributed by atoms with Crippen molar-refractivity contribution >= 4 is 35.5 Å². The number of amides is 5. The van der Waals surface area contributed by atoms with Crippen LogP contribution in [0.15, 0.2) is 0 Å². The van der Waals surface area contributed by atoms with Crippen molar-refractivity contribution in [2.45, 2.75) is 122 Å². The van der Waals surface area contributed by atoms with Gasteiger partial charge in [-0.2, -0.15) is 0 Å². The average molecular weight is 599 g/mol. The Bertz CT molecular complexity index is 824. The van der Waals surface area contributed by atoms with Crippen molar-refractivity contribution in [3.05, 3.63) is 0 Å². The van der Waals surface area contributed by atoms with Gasteiger partial charge in [-0.15, -0.1) is 0 Å². The Hall–Kier alpha value is -3.22. The van der Waals surface area contributed by atoms with Crippen molar-refractivity contribution in [2.75, 3.05) is 26.2 Å². The van der Waals surface area contributed by atoms with Crippen LogP contribution in [0.4, 0.5) is 0 Å². The van der Waals surface area contributed by atoms with E-state index in [1.807, 2.05) is 0 Å². The normalized spacial score (nSPS) is 12.1. The van der Waals surface area contributed by atoms with Crippen molar-refractivity contribution in [3.8, 4) is 0 Å². The van der Waals surface area contributed by atoms with E-state index in [0.29, 0.717) is 25.8 Å². The molecule has 0 aliphatic heterocycles. The average Bonchev–Trinajstić information content (AvgIpc) is 2.95. The summed E-state index contributed by atoms with van der Waals surface area (Å²) in [5.41, 5.74) is 5.38. The third-order valence-corrected chi connectivity index (χ3v) is 6.67. The zero-order valence-electron chi connectivity index (χ0n) is 25.6. The quantitative estimate of drug-likeness (QED) is 0.0719. The summed E-state index contributed by atoms with van der Waals surface area (Å²) in [5.74, 6) is -3.91. The van der Waals surface area contributed by atoms with Gasteiger partial charge >= 0.3 is 5.97 Å². The molecule has 0 saturated heterocycles. The number of hydrogen-bond donors (Lipinski definition) is 7. The third-order valence-electron chi connectivity index (χ3n) is 6.67. The van der Waals surface area contributed by atoms with Crippen molar-refractivity contribution in [3.63, 3.8) is 0 Å². The summed E-state index contributed by atoms with van der Waals surface area (Å²) >= 11 is 0. The number of nitrogens with two attached hydrogens (primary N) is 1. The Morgan fingerprint density at radius 2 is 1.12 bits per heavy atom. The summed E-state index contributed by atoms with van der Waals surface area (Å²) in [5, 5.41) is 21.1. The maximum absolute atomic E-state index is 12.2. The zero-order chi connectivity index (χ0) is 31.6. The minimum absolute atomic E-state index is 0.217. The molecule has 0 saturated carbocycles. The van der Waals surface area contributed by atoms with Crippen LogP contribution in [0, 0.1) is 0 Å². The number of unbranched alkanes of at least 4 members (excludes halogenated alkanes) is 11. The first-order valence-corrected chi connectivity index (χ1v) is 15.4. The second-order valence-corrected chi connectivity index (χ2v) is 10.6. The van der Waals surface area contributed by atoms with Gasteiger partial charge in [0.25, 0.3) is 0 Å². The van der Waals surface area contributed by atoms with Crippen LogP contribution in [0.3, 0.4) is 0 Å². The molecule has 0 bridgehead atoms. The highest BCUT2D eigenvalue weighted by Crippen LogP contribution is 2.11. The van der Waals surface area contributed by atoms with Crippen LogP contribution >= 0.6 is 0 Å². The standard InChI is InChI=1S/C29H54N6O7/c1-3-4-5-6-7-8-9-10-11-12-13-17-24(36)31-20-26(38)34-22(2)28(40)33-19-25(37)32-21-27(39)35-23(29(41)42)16-14-15-18-30/h22-23H,3-21,30H2,1-2H3,(H,31,36)(H,32,37)(H,33,40)(H,34,38)(H,35,39)(H,41,42)/t22-,23-/m0/s1. The molecule has 8 N–H and O–H groups in total. The van der Waals surface area contributed by atoms with Crippen LogP contribution in [0.5, 0.6) is 0 Å². The summed E-state index contributed by atoms with van der Waals surface area (Å²) in [6, 6.07) is -2.04. The molecule has 0 aromatic rings. The molecule has 0 aliphatic rings. The van der Waals surface area contributed by atoms with Gasteiger partial charge in [0.15, 0.2) is 0 Å². The summed E-state index contributed by atoms with van der Waals surface area (Å²) < 4.78 is 0. The first-order valence-electron chi connectivity index (χ1n) is 15.4. The first kappa shape index (κ1) is 38.8. The highest BCUT2D eigenvalue weighted by molar-refractivity contribution is 5.93. The summed E-state index contributed by atoms with van der Waals surface area (Å²) in [6.07, 6.45) is 14.8. The van der Waals surface area contributed by atoms with Crippen molar-refractivity contribution in [1.29, 1.82) is 0 Å². The molecular weight excluding hydrogens is 544 g/mol. The number of hydrogen-bond acceptors (Lipinski definition) is 7. The van der Waals surface area contributed by atoms with Gasteiger partial charge in [-0.05, 0) is 39.2 Å². The smallest absolute Gasteiger partial charge is 0.326 e. The minimum atomic E-state index is -1.18. The molecule has 242 valence electrons. The zero-order valence-corrected chi connectivity index (χ0v) is 25.6. The summed E-state index contributed by atoms with van der Waals surface area (Å²) in [4.78, 5) is 71.4. The molecule has 0 aromatic carbocycles. The Kier molecular flexibility index (Phi) is 23.5. The van der Waals surface area contributed by atoms with E-state index in [0.717, 1.165) is 19.3 Å². The van der Waals surface area contributed by atoms with Crippen molar-refractivity contribution in [2.24, 2.45) is 5.73 Å². The van der Waals surface area contributed by atoms with Gasteiger partial charge in [0.05, 0.1) is 19.6 Å². The predicted molar refractivity (Wildman–Crippen MR) is 160 cm³/mol. The Labute approximate surface area is 250 Å². The highest BCUT2D eigenvalue weighted by Gasteiger charge is 2.20. The van der Waals surface area contributed by atoms with E-state index in [1.165, 1.54) is 58.3 Å². The van der Waals surface area contributed by atoms with E-state index >= 15 is 0 Å². The second-order valence-electron chi connectivity index (χ2n) is 10.6. The number of carbonyl (C=O) groups excluding carboxylic acids is 5. The first-order chi connectivity index (χ1) is 20.1. The molecule has 0 fully saturated rings. The lowest BCUT2D eigenvalue weighted by molar-refractivity contribution is -0.142. The molecule has 13 heteroatoms. The van der Waals surface area contributed by atoms with Gasteiger partial charge in [0.1, 0.15) is 12.1 Å². The Morgan fingerprint density at radius 1 is 0.619 bits per heavy atom. The van der Waals surface area contributed by atoms with Gasteiger partial charge in [-0.1, -0.05) is 71.1 Å². The van der Waals surface area contributed by atoms with Crippen LogP contribution < -0.4 is 32.3 Å². The van der Waals surface area contributed by atoms with Gasteiger partial charge in [0, 0.05) is 6.42 Å². The SMILES string of the molecule is CCCCCCCCCCCCCC(=O)NCC(=O)N[C@@H](C)C(=O)NCC(=O)NCC(=O)N[C@@H](CCCCN)C(=O)O. The predicted octanol–water partition coefficient (Wildman–Crippen LogP) is 1.24. The molecule has 2 atom stereocenters. The largest absolute Gasteiger partial charge is 0.480 e. The lowest BCUT2D eigenvalue weighted by Crippen LogP contribution is -2.50. The molecule has 0 radical (unpaired) electrons. The molecule has 42 heavy (non-hydrogen) atoms. The number of aliphatic carboxylic acids is 1. The molecule has 0 unspecified atom stereocenters. The number of carboxylic acid groups (broad SMARTS) is 1. The molecule has 0 aliphatic carbocycles. The van der Waals surface area contributed by atoms with E-state index < -0.39 is 54.8 Å². The molecule has 0 aromatic heterocycles. The topological polar surface area (TPSA) is 209 Å². The van der Waals surface area contributed by atoms with E-state index in [9.17, 15) is 33.9 Å². The maximum atomic E-state index is 12.2. The van der Waals surface area contributed by atoms with Gasteiger partial charge in [-0.25, -0.2) is 4.79 Å². The number of rotatable bonds is 26. The minimum Gasteiger partial charge on any atom is -0.480 e. The summed E-state index contributed by atoms with van der Waals surface area (Å²) in [7, 11) is 0. The van der Waals surface area contributed by atoms with E-state index in [2.05, 4.69) is 33.5 Å². The number of carboxylic acids is 1. The molecular formula is C29H54N6O7. The van der Waals surface area contributed by atoms with Gasteiger partial charge < -0.3 is 37.4 Å². The number of carbonyl (C=O) groups is 6. The van der Waals surface area contributed by atoms with Crippen LogP contribution in [0.2, 0.25) is 0 Å². The molecule has 0 spiro atoms. The van der Waals surface area contributed by atoms with Crippen LogP contribution in [-0.4, -0.2) is 78.9 Å². The lowest BCUT2D eigenvalue weighted by atomic mass is 10.1. The third kappa shape index (κ3) is 22.5. The lowest BCUT2D eigenvalue weighted by Gasteiger charge is -2.15. The molecule has 13 nitrogen and oxygen atoms in total. The van der Waals surface area contributed by atoms with E-state index in [-0.39, 0.29) is 18.9 Å². The van der Waals surface area contributed by atoms with Crippen LogP contribution in [0.1, 0.15) is 110 Å². The highest BCUT2D eigenvalue weighted by atomic mass is 16.4.